The summed E-state index contributed by atoms with van der Waals surface area (Å²) in [6.45, 7) is 6.82. The number of halogens is 1. The number of nitrogens with one attached hydrogen (secondary N) is 1. The Balaban J connectivity index is 2.06. The van der Waals surface area contributed by atoms with Crippen molar-refractivity contribution < 1.29 is 9.50 Å². The van der Waals surface area contributed by atoms with Gasteiger partial charge in [0.05, 0.1) is 11.8 Å². The lowest BCUT2D eigenvalue weighted by molar-refractivity contribution is 0.135. The predicted octanol–water partition coefficient (Wildman–Crippen LogP) is 2.90. The summed E-state index contributed by atoms with van der Waals surface area (Å²) in [5, 5.41) is 18.4. The molecule has 0 saturated carbocycles. The molecule has 126 valence electrons. The van der Waals surface area contributed by atoms with E-state index in [1.807, 2.05) is 18.7 Å². The van der Waals surface area contributed by atoms with Crippen LogP contribution in [0.15, 0.2) is 24.3 Å². The van der Waals surface area contributed by atoms with Crippen LogP contribution in [-0.4, -0.2) is 20.9 Å². The van der Waals surface area contributed by atoms with Gasteiger partial charge in [0, 0.05) is 30.9 Å². The first kappa shape index (κ1) is 17.6. The molecule has 2 unspecified atom stereocenters. The summed E-state index contributed by atoms with van der Waals surface area (Å²) in [5.74, 6) is -0.294. The molecule has 0 fully saturated rings. The molecule has 0 spiro atoms. The fraction of sp³-hybridized carbons (Fsp3) is 0.500. The Labute approximate surface area is 137 Å². The number of benzene rings is 1. The van der Waals surface area contributed by atoms with Gasteiger partial charge in [-0.1, -0.05) is 26.0 Å². The van der Waals surface area contributed by atoms with Crippen LogP contribution in [0.2, 0.25) is 0 Å². The summed E-state index contributed by atoms with van der Waals surface area (Å²) in [7, 11) is 1.97. The van der Waals surface area contributed by atoms with Crippen LogP contribution in [-0.2, 0) is 26.4 Å². The van der Waals surface area contributed by atoms with Crippen molar-refractivity contribution in [1.82, 2.24) is 15.1 Å². The van der Waals surface area contributed by atoms with E-state index in [1.54, 1.807) is 12.1 Å². The molecule has 1 aromatic heterocycles. The Kier molecular flexibility index (Phi) is 5.91. The van der Waals surface area contributed by atoms with Gasteiger partial charge in [0.15, 0.2) is 0 Å². The number of rotatable bonds is 7. The van der Waals surface area contributed by atoms with Gasteiger partial charge in [-0.2, -0.15) is 5.10 Å². The highest BCUT2D eigenvalue weighted by molar-refractivity contribution is 5.27. The van der Waals surface area contributed by atoms with Gasteiger partial charge in [-0.05, 0) is 37.5 Å². The summed E-state index contributed by atoms with van der Waals surface area (Å²) in [5.41, 5.74) is 4.25. The van der Waals surface area contributed by atoms with E-state index >= 15 is 0 Å². The third-order valence-electron chi connectivity index (χ3n) is 4.31. The van der Waals surface area contributed by atoms with E-state index < -0.39 is 6.10 Å². The predicted molar refractivity (Wildman–Crippen MR) is 89.6 cm³/mol. The van der Waals surface area contributed by atoms with Crippen molar-refractivity contribution in [3.05, 3.63) is 52.6 Å². The Bertz CT molecular complexity index is 636. The van der Waals surface area contributed by atoms with E-state index in [0.717, 1.165) is 18.5 Å². The second-order valence-corrected chi connectivity index (χ2v) is 5.87. The molecule has 1 aromatic carbocycles. The Hall–Kier alpha value is -1.72. The Morgan fingerprint density at radius 3 is 2.43 bits per heavy atom. The summed E-state index contributed by atoms with van der Waals surface area (Å²) in [4.78, 5) is 0. The highest BCUT2D eigenvalue weighted by Crippen LogP contribution is 2.19. The zero-order chi connectivity index (χ0) is 17.0. The van der Waals surface area contributed by atoms with Crippen LogP contribution >= 0.6 is 0 Å². The maximum Gasteiger partial charge on any atom is 0.123 e. The Morgan fingerprint density at radius 1 is 1.22 bits per heavy atom. The van der Waals surface area contributed by atoms with Crippen LogP contribution in [0.3, 0.4) is 0 Å². The second-order valence-electron chi connectivity index (χ2n) is 5.87. The monoisotopic (exact) mass is 319 g/mol. The number of aromatic nitrogens is 2. The van der Waals surface area contributed by atoms with E-state index in [1.165, 1.54) is 23.4 Å². The largest absolute Gasteiger partial charge is 0.387 e. The average Bonchev–Trinajstić information content (AvgIpc) is 2.87. The molecule has 4 nitrogen and oxygen atoms in total. The average molecular weight is 319 g/mol. The van der Waals surface area contributed by atoms with E-state index in [0.29, 0.717) is 12.1 Å². The van der Waals surface area contributed by atoms with Crippen LogP contribution in [0.25, 0.3) is 0 Å². The van der Waals surface area contributed by atoms with Crippen molar-refractivity contribution in [1.29, 1.82) is 0 Å². The van der Waals surface area contributed by atoms with Gasteiger partial charge in [0.1, 0.15) is 5.82 Å². The third kappa shape index (κ3) is 3.98. The Morgan fingerprint density at radius 2 is 1.87 bits per heavy atom. The van der Waals surface area contributed by atoms with E-state index in [2.05, 4.69) is 24.3 Å². The summed E-state index contributed by atoms with van der Waals surface area (Å²) >= 11 is 0. The molecule has 0 radical (unpaired) electrons. The topological polar surface area (TPSA) is 50.1 Å². The molecule has 0 aliphatic carbocycles. The van der Waals surface area contributed by atoms with Gasteiger partial charge in [-0.3, -0.25) is 4.68 Å². The van der Waals surface area contributed by atoms with Gasteiger partial charge in [-0.15, -0.1) is 0 Å². The van der Waals surface area contributed by atoms with E-state index in [4.69, 9.17) is 0 Å². The van der Waals surface area contributed by atoms with Crippen molar-refractivity contribution >= 4 is 0 Å². The highest BCUT2D eigenvalue weighted by atomic mass is 19.1. The molecule has 0 bridgehead atoms. The lowest BCUT2D eigenvalue weighted by Crippen LogP contribution is -2.32. The number of hydrogen-bond acceptors (Lipinski definition) is 3. The quantitative estimate of drug-likeness (QED) is 0.825. The summed E-state index contributed by atoms with van der Waals surface area (Å²) in [6, 6.07) is 5.84. The minimum atomic E-state index is -0.678. The molecule has 1 heterocycles. The molecule has 5 heteroatoms. The van der Waals surface area contributed by atoms with E-state index in [9.17, 15) is 9.50 Å². The van der Waals surface area contributed by atoms with Crippen molar-refractivity contribution in [2.24, 2.45) is 7.05 Å². The zero-order valence-corrected chi connectivity index (χ0v) is 14.3. The maximum atomic E-state index is 13.0. The van der Waals surface area contributed by atoms with E-state index in [-0.39, 0.29) is 11.9 Å². The number of aliphatic hydroxyl groups is 1. The maximum absolute atomic E-state index is 13.0. The van der Waals surface area contributed by atoms with Crippen LogP contribution in [0, 0.1) is 5.82 Å². The standard InChI is InChI=1S/C18H26FN3O/c1-5-16-15(17(6-2)22(4)21-16)11-20-12(3)18(23)13-7-9-14(19)10-8-13/h7-10,12,18,20,23H,5-6,11H2,1-4H3. The molecule has 2 atom stereocenters. The molecule has 0 aliphatic heterocycles. The van der Waals surface area contributed by atoms with Gasteiger partial charge < -0.3 is 10.4 Å². The minimum Gasteiger partial charge on any atom is -0.387 e. The van der Waals surface area contributed by atoms with Gasteiger partial charge in [0.25, 0.3) is 0 Å². The molecule has 2 aromatic rings. The molecular weight excluding hydrogens is 293 g/mol. The first-order chi connectivity index (χ1) is 11.0. The SMILES string of the molecule is CCc1nn(C)c(CC)c1CNC(C)C(O)c1ccc(F)cc1. The van der Waals surface area contributed by atoms with Crippen LogP contribution in [0.4, 0.5) is 4.39 Å². The summed E-state index contributed by atoms with van der Waals surface area (Å²) < 4.78 is 14.9. The second kappa shape index (κ2) is 7.70. The van der Waals surface area contributed by atoms with Crippen molar-refractivity contribution in [2.75, 3.05) is 0 Å². The number of nitrogens with zero attached hydrogens (tertiary/aromatic N) is 2. The number of hydrogen-bond donors (Lipinski definition) is 2. The molecule has 2 N–H and O–H groups in total. The number of aryl methyl sites for hydroxylation is 2. The lowest BCUT2D eigenvalue weighted by Gasteiger charge is -2.21. The van der Waals surface area contributed by atoms with Crippen molar-refractivity contribution in [2.45, 2.75) is 52.3 Å². The summed E-state index contributed by atoms with van der Waals surface area (Å²) in [6.07, 6.45) is 1.14. The van der Waals surface area contributed by atoms with Gasteiger partial charge in [-0.25, -0.2) is 4.39 Å². The first-order valence-corrected chi connectivity index (χ1v) is 8.18. The number of aliphatic hydroxyl groups excluding tert-OH is 1. The van der Waals surface area contributed by atoms with Crippen LogP contribution < -0.4 is 5.32 Å². The molecule has 0 amide bonds. The smallest absolute Gasteiger partial charge is 0.123 e. The highest BCUT2D eigenvalue weighted by Gasteiger charge is 2.19. The molecule has 2 rings (SSSR count). The molecule has 23 heavy (non-hydrogen) atoms. The van der Waals surface area contributed by atoms with Crippen LogP contribution in [0.1, 0.15) is 49.4 Å². The van der Waals surface area contributed by atoms with Gasteiger partial charge in [0.2, 0.25) is 0 Å². The first-order valence-electron chi connectivity index (χ1n) is 8.18. The zero-order valence-electron chi connectivity index (χ0n) is 14.3. The normalized spacial score (nSPS) is 14.0. The minimum absolute atomic E-state index is 0.143. The fourth-order valence-corrected chi connectivity index (χ4v) is 2.92. The van der Waals surface area contributed by atoms with Gasteiger partial charge >= 0.3 is 0 Å². The molecule has 0 aliphatic rings. The molecule has 0 saturated heterocycles. The van der Waals surface area contributed by atoms with Crippen molar-refractivity contribution in [3.63, 3.8) is 0 Å². The third-order valence-corrected chi connectivity index (χ3v) is 4.31. The fourth-order valence-electron chi connectivity index (χ4n) is 2.92. The lowest BCUT2D eigenvalue weighted by atomic mass is 10.0. The molecular formula is C18H26FN3O. The van der Waals surface area contributed by atoms with Crippen LogP contribution in [0.5, 0.6) is 0 Å². The van der Waals surface area contributed by atoms with Crippen molar-refractivity contribution in [3.8, 4) is 0 Å².